The van der Waals surface area contributed by atoms with E-state index < -0.39 is 11.7 Å². The van der Waals surface area contributed by atoms with Crippen molar-refractivity contribution in [3.05, 3.63) is 66.0 Å². The van der Waals surface area contributed by atoms with E-state index in [1.54, 1.807) is 23.1 Å². The largest absolute Gasteiger partial charge is 0.494 e. The second-order valence-corrected chi connectivity index (χ2v) is 8.14. The Bertz CT molecular complexity index is 913. The van der Waals surface area contributed by atoms with E-state index in [0.717, 1.165) is 5.75 Å². The minimum atomic E-state index is -0.588. The lowest BCUT2D eigenvalue weighted by Crippen LogP contribution is -2.48. The van der Waals surface area contributed by atoms with Crippen LogP contribution in [0.2, 0.25) is 0 Å². The van der Waals surface area contributed by atoms with Crippen molar-refractivity contribution in [2.45, 2.75) is 37.8 Å². The van der Waals surface area contributed by atoms with Crippen LogP contribution in [-0.4, -0.2) is 53.6 Å². The number of hydrogen-bond donors (Lipinski definition) is 0. The van der Waals surface area contributed by atoms with E-state index >= 15 is 0 Å². The maximum absolute atomic E-state index is 13.9. The maximum atomic E-state index is 13.9. The first kappa shape index (κ1) is 21.2. The summed E-state index contributed by atoms with van der Waals surface area (Å²) >= 11 is 0. The van der Waals surface area contributed by atoms with Crippen LogP contribution in [0, 0.1) is 5.82 Å². The molecule has 0 radical (unpaired) electrons. The van der Waals surface area contributed by atoms with Gasteiger partial charge in [-0.15, -0.1) is 0 Å². The lowest BCUT2D eigenvalue weighted by atomic mass is 9.91. The zero-order valence-corrected chi connectivity index (χ0v) is 17.5. The first-order valence-corrected chi connectivity index (χ1v) is 10.7. The van der Waals surface area contributed by atoms with E-state index in [4.69, 9.17) is 9.47 Å². The number of amides is 2. The predicted octanol–water partition coefficient (Wildman–Crippen LogP) is 4.00. The molecule has 4 rings (SSSR count). The molecule has 6 nitrogen and oxygen atoms in total. The monoisotopic (exact) mass is 426 g/mol. The Kier molecular flexibility index (Phi) is 6.39. The Morgan fingerprint density at radius 3 is 2.52 bits per heavy atom. The summed E-state index contributed by atoms with van der Waals surface area (Å²) in [5, 5.41) is 0. The number of para-hydroxylation sites is 1. The molecule has 164 valence electrons. The molecule has 0 aromatic heterocycles. The van der Waals surface area contributed by atoms with Gasteiger partial charge in [0.2, 0.25) is 5.91 Å². The van der Waals surface area contributed by atoms with Crippen LogP contribution >= 0.6 is 0 Å². The van der Waals surface area contributed by atoms with E-state index in [1.807, 2.05) is 35.2 Å². The molecular weight excluding hydrogens is 399 g/mol. The van der Waals surface area contributed by atoms with Crippen molar-refractivity contribution in [2.75, 3.05) is 26.2 Å². The van der Waals surface area contributed by atoms with Gasteiger partial charge in [0.05, 0.1) is 19.7 Å². The van der Waals surface area contributed by atoms with Gasteiger partial charge in [-0.3, -0.25) is 9.69 Å². The molecule has 2 aliphatic rings. The van der Waals surface area contributed by atoms with E-state index in [2.05, 4.69) is 0 Å². The van der Waals surface area contributed by atoms with Crippen LogP contribution in [-0.2, 0) is 16.1 Å². The molecule has 0 bridgehead atoms. The second kappa shape index (κ2) is 9.37. The summed E-state index contributed by atoms with van der Waals surface area (Å²) in [4.78, 5) is 28.3. The van der Waals surface area contributed by atoms with Crippen LogP contribution in [0.5, 0.6) is 5.75 Å². The molecule has 0 atom stereocenters. The molecule has 0 aliphatic carbocycles. The molecule has 0 N–H and O–H groups in total. The van der Waals surface area contributed by atoms with Crippen molar-refractivity contribution in [1.82, 2.24) is 9.80 Å². The highest BCUT2D eigenvalue weighted by Crippen LogP contribution is 2.34. The summed E-state index contributed by atoms with van der Waals surface area (Å²) in [6.07, 6.45) is 1.86. The van der Waals surface area contributed by atoms with Gasteiger partial charge >= 0.3 is 6.09 Å². The molecule has 0 saturated carbocycles. The fourth-order valence-corrected chi connectivity index (χ4v) is 4.16. The average Bonchev–Trinajstić information content (AvgIpc) is 3.08. The molecule has 1 spiro atoms. The smallest absolute Gasteiger partial charge is 0.410 e. The number of nitrogens with zero attached hydrogens (tertiary/aromatic N) is 2. The third-order valence-electron chi connectivity index (χ3n) is 5.93. The number of halogens is 1. The lowest BCUT2D eigenvalue weighted by Gasteiger charge is -2.37. The minimum Gasteiger partial charge on any atom is -0.494 e. The topological polar surface area (TPSA) is 59.1 Å². The van der Waals surface area contributed by atoms with Crippen LogP contribution in [0.15, 0.2) is 54.6 Å². The minimum absolute atomic E-state index is 0.0963. The number of likely N-dealkylation sites (tertiary alicyclic amines) is 1. The lowest BCUT2D eigenvalue weighted by molar-refractivity contribution is -0.134. The molecular formula is C24H27FN2O4. The van der Waals surface area contributed by atoms with Gasteiger partial charge in [0, 0.05) is 37.9 Å². The molecule has 2 aromatic carbocycles. The van der Waals surface area contributed by atoms with Gasteiger partial charge in [0.25, 0.3) is 0 Å². The highest BCUT2D eigenvalue weighted by atomic mass is 19.1. The van der Waals surface area contributed by atoms with Gasteiger partial charge in [-0.25, -0.2) is 9.18 Å². The third-order valence-corrected chi connectivity index (χ3v) is 5.93. The Hall–Kier alpha value is -3.09. The zero-order valence-electron chi connectivity index (χ0n) is 17.5. The van der Waals surface area contributed by atoms with Gasteiger partial charge < -0.3 is 14.4 Å². The number of piperidine rings is 1. The first-order chi connectivity index (χ1) is 15.0. The summed E-state index contributed by atoms with van der Waals surface area (Å²) < 4.78 is 25.3. The molecule has 2 aromatic rings. The molecule has 0 unspecified atom stereocenters. The number of hydrogen-bond acceptors (Lipinski definition) is 4. The Morgan fingerprint density at radius 1 is 1.06 bits per heavy atom. The maximum Gasteiger partial charge on any atom is 0.410 e. The van der Waals surface area contributed by atoms with Crippen molar-refractivity contribution in [1.29, 1.82) is 0 Å². The molecule has 2 aliphatic heterocycles. The highest BCUT2D eigenvalue weighted by molar-refractivity contribution is 5.76. The van der Waals surface area contributed by atoms with Gasteiger partial charge in [-0.05, 0) is 24.6 Å². The highest BCUT2D eigenvalue weighted by Gasteiger charge is 2.47. The van der Waals surface area contributed by atoms with Gasteiger partial charge in [0.15, 0.2) is 0 Å². The zero-order chi connectivity index (χ0) is 21.7. The normalized spacial score (nSPS) is 17.6. The van der Waals surface area contributed by atoms with E-state index in [1.165, 1.54) is 6.07 Å². The number of benzene rings is 2. The van der Waals surface area contributed by atoms with Crippen molar-refractivity contribution < 1.29 is 23.5 Å². The first-order valence-electron chi connectivity index (χ1n) is 10.7. The van der Waals surface area contributed by atoms with Crippen LogP contribution in [0.1, 0.15) is 31.2 Å². The van der Waals surface area contributed by atoms with Crippen LogP contribution in [0.3, 0.4) is 0 Å². The van der Waals surface area contributed by atoms with Crippen LogP contribution in [0.25, 0.3) is 0 Å². The summed E-state index contributed by atoms with van der Waals surface area (Å²) in [7, 11) is 0. The van der Waals surface area contributed by atoms with E-state index in [9.17, 15) is 14.0 Å². The van der Waals surface area contributed by atoms with Crippen LogP contribution in [0.4, 0.5) is 9.18 Å². The molecule has 2 saturated heterocycles. The predicted molar refractivity (Wildman–Crippen MR) is 113 cm³/mol. The van der Waals surface area contributed by atoms with Gasteiger partial charge in [0.1, 0.15) is 17.2 Å². The SMILES string of the molecule is O=C(CCCOc1ccccc1)N1CCC2(CC1)CN(Cc1ccccc1F)C(=O)O2. The summed E-state index contributed by atoms with van der Waals surface area (Å²) in [6.45, 7) is 2.22. The number of carbonyl (C=O) groups excluding carboxylic acids is 2. The summed E-state index contributed by atoms with van der Waals surface area (Å²) in [5.41, 5.74) is -0.114. The van der Waals surface area contributed by atoms with Crippen molar-refractivity contribution in [3.63, 3.8) is 0 Å². The number of ether oxygens (including phenoxy) is 2. The number of carbonyl (C=O) groups is 2. The Morgan fingerprint density at radius 2 is 1.77 bits per heavy atom. The van der Waals surface area contributed by atoms with Crippen molar-refractivity contribution >= 4 is 12.0 Å². The summed E-state index contributed by atoms with van der Waals surface area (Å²) in [6, 6.07) is 16.0. The van der Waals surface area contributed by atoms with Gasteiger partial charge in [-0.2, -0.15) is 0 Å². The average molecular weight is 426 g/mol. The molecule has 2 amide bonds. The van der Waals surface area contributed by atoms with Crippen molar-refractivity contribution in [2.24, 2.45) is 0 Å². The fourth-order valence-electron chi connectivity index (χ4n) is 4.16. The quantitative estimate of drug-likeness (QED) is 0.628. The Balaban J connectivity index is 1.22. The third kappa shape index (κ3) is 5.16. The molecule has 2 fully saturated rings. The Labute approximate surface area is 181 Å². The standard InChI is InChI=1S/C24H27FN2O4/c25-21-10-5-4-7-19(21)17-27-18-24(31-23(27)29)12-14-26(15-13-24)22(28)11-6-16-30-20-8-2-1-3-9-20/h1-5,7-10H,6,11-18H2. The number of rotatable bonds is 7. The van der Waals surface area contributed by atoms with Crippen molar-refractivity contribution in [3.8, 4) is 5.75 Å². The second-order valence-electron chi connectivity index (χ2n) is 8.14. The molecule has 7 heteroatoms. The van der Waals surface area contributed by atoms with Gasteiger partial charge in [-0.1, -0.05) is 36.4 Å². The van der Waals surface area contributed by atoms with E-state index in [0.29, 0.717) is 57.5 Å². The fraction of sp³-hybridized carbons (Fsp3) is 0.417. The van der Waals surface area contributed by atoms with Crippen LogP contribution < -0.4 is 4.74 Å². The molecule has 2 heterocycles. The summed E-state index contributed by atoms with van der Waals surface area (Å²) in [5.74, 6) is 0.574. The molecule has 31 heavy (non-hydrogen) atoms. The van der Waals surface area contributed by atoms with E-state index in [-0.39, 0.29) is 18.3 Å².